The number of nitrogens with one attached hydrogen (secondary N) is 1. The lowest BCUT2D eigenvalue weighted by molar-refractivity contribution is -0.139. The van der Waals surface area contributed by atoms with E-state index in [-0.39, 0.29) is 5.91 Å². The summed E-state index contributed by atoms with van der Waals surface area (Å²) in [6.45, 7) is 6.81. The molecule has 184 valence electrons. The number of benzene rings is 2. The molecule has 0 aromatic heterocycles. The third kappa shape index (κ3) is 6.62. The molecule has 1 amide bonds. The molecule has 1 heterocycles. The summed E-state index contributed by atoms with van der Waals surface area (Å²) in [5.41, 5.74) is 4.50. The van der Waals surface area contributed by atoms with Crippen molar-refractivity contribution >= 4 is 23.6 Å². The lowest BCUT2D eigenvalue weighted by atomic mass is 9.93. The van der Waals surface area contributed by atoms with E-state index < -0.39 is 12.0 Å². The second kappa shape index (κ2) is 12.4. The summed E-state index contributed by atoms with van der Waals surface area (Å²) >= 11 is 1.56. The Morgan fingerprint density at radius 3 is 2.68 bits per heavy atom. The van der Waals surface area contributed by atoms with Crippen LogP contribution in [-0.2, 0) is 16.1 Å². The second-order valence-corrected chi connectivity index (χ2v) is 10.2. The zero-order valence-corrected chi connectivity index (χ0v) is 21.4. The molecule has 2 aromatic rings. The Balaban J connectivity index is 1.93. The number of carboxylic acid groups (broad SMARTS) is 1. The van der Waals surface area contributed by atoms with Gasteiger partial charge in [0.15, 0.2) is 0 Å². The van der Waals surface area contributed by atoms with Gasteiger partial charge in [-0.1, -0.05) is 37.3 Å². The standard InChI is InChI=1S/C27H36N2O4S/c1-18-13-21(17-33-3)29(15-18)16-20-9-10-23(24(14-20)22-8-6-5-7-19(22)2)26(30)28-25(27(31)32)11-12-34-4/h5-10,14,18,21,25H,11-13,15-17H2,1-4H3,(H,28,30)(H,31,32). The number of nitrogens with zero attached hydrogens (tertiary/aromatic N) is 1. The highest BCUT2D eigenvalue weighted by Crippen LogP contribution is 2.30. The van der Waals surface area contributed by atoms with Gasteiger partial charge >= 0.3 is 5.97 Å². The Hall–Kier alpha value is -2.35. The first-order chi connectivity index (χ1) is 16.3. The first kappa shape index (κ1) is 26.3. The van der Waals surface area contributed by atoms with E-state index in [0.29, 0.717) is 36.3 Å². The maximum absolute atomic E-state index is 13.3. The summed E-state index contributed by atoms with van der Waals surface area (Å²) in [5.74, 6) is -0.0815. The van der Waals surface area contributed by atoms with Gasteiger partial charge in [0.1, 0.15) is 6.04 Å². The number of aryl methyl sites for hydroxylation is 1. The zero-order chi connectivity index (χ0) is 24.7. The number of amides is 1. The van der Waals surface area contributed by atoms with Crippen molar-refractivity contribution in [1.82, 2.24) is 10.2 Å². The molecule has 7 heteroatoms. The van der Waals surface area contributed by atoms with Crippen LogP contribution in [0.4, 0.5) is 0 Å². The molecule has 2 aromatic carbocycles. The van der Waals surface area contributed by atoms with Crippen LogP contribution < -0.4 is 5.32 Å². The van der Waals surface area contributed by atoms with Gasteiger partial charge in [0.2, 0.25) is 0 Å². The number of methoxy groups -OCH3 is 1. The molecule has 2 N–H and O–H groups in total. The van der Waals surface area contributed by atoms with Crippen LogP contribution in [0.15, 0.2) is 42.5 Å². The van der Waals surface area contributed by atoms with Crippen LogP contribution >= 0.6 is 11.8 Å². The quantitative estimate of drug-likeness (QED) is 0.490. The average molecular weight is 485 g/mol. The molecule has 3 atom stereocenters. The minimum Gasteiger partial charge on any atom is -0.480 e. The molecule has 6 nitrogen and oxygen atoms in total. The van der Waals surface area contributed by atoms with Gasteiger partial charge in [-0.25, -0.2) is 4.79 Å². The maximum Gasteiger partial charge on any atom is 0.326 e. The lowest BCUT2D eigenvalue weighted by Gasteiger charge is -2.24. The van der Waals surface area contributed by atoms with E-state index in [9.17, 15) is 14.7 Å². The number of hydrogen-bond acceptors (Lipinski definition) is 5. The molecule has 0 saturated carbocycles. The van der Waals surface area contributed by atoms with E-state index in [2.05, 4.69) is 23.2 Å². The predicted molar refractivity (Wildman–Crippen MR) is 138 cm³/mol. The molecule has 0 spiro atoms. The first-order valence-corrected chi connectivity index (χ1v) is 13.2. The molecule has 1 aliphatic rings. The number of likely N-dealkylation sites (tertiary alicyclic amines) is 1. The Labute approximate surface area is 207 Å². The van der Waals surface area contributed by atoms with Crippen LogP contribution in [0.3, 0.4) is 0 Å². The monoisotopic (exact) mass is 484 g/mol. The number of carboxylic acids is 1. The Morgan fingerprint density at radius 1 is 1.24 bits per heavy atom. The highest BCUT2D eigenvalue weighted by Gasteiger charge is 2.30. The summed E-state index contributed by atoms with van der Waals surface area (Å²) in [4.78, 5) is 27.4. The van der Waals surface area contributed by atoms with Gasteiger partial charge in [0, 0.05) is 31.8 Å². The number of hydrogen-bond donors (Lipinski definition) is 2. The average Bonchev–Trinajstić information content (AvgIpc) is 3.15. The highest BCUT2D eigenvalue weighted by atomic mass is 32.2. The van der Waals surface area contributed by atoms with Crippen LogP contribution in [-0.4, -0.2) is 66.2 Å². The number of thioether (sulfide) groups is 1. The third-order valence-electron chi connectivity index (χ3n) is 6.46. The number of carbonyl (C=O) groups excluding carboxylic acids is 1. The van der Waals surface area contributed by atoms with E-state index in [1.165, 1.54) is 0 Å². The van der Waals surface area contributed by atoms with Gasteiger partial charge < -0.3 is 15.2 Å². The van der Waals surface area contributed by atoms with Crippen LogP contribution in [0.25, 0.3) is 11.1 Å². The van der Waals surface area contributed by atoms with Gasteiger partial charge in [0.05, 0.1) is 6.61 Å². The summed E-state index contributed by atoms with van der Waals surface area (Å²) in [5, 5.41) is 12.3. The topological polar surface area (TPSA) is 78.9 Å². The number of carbonyl (C=O) groups is 2. The molecule has 3 unspecified atom stereocenters. The maximum atomic E-state index is 13.3. The predicted octanol–water partition coefficient (Wildman–Crippen LogP) is 4.45. The van der Waals surface area contributed by atoms with Gasteiger partial charge in [-0.05, 0) is 72.1 Å². The molecule has 1 aliphatic heterocycles. The Kier molecular flexibility index (Phi) is 9.56. The fraction of sp³-hybridized carbons (Fsp3) is 0.481. The van der Waals surface area contributed by atoms with E-state index in [1.807, 2.05) is 49.6 Å². The fourth-order valence-electron chi connectivity index (χ4n) is 4.75. The number of aliphatic carboxylic acids is 1. The molecule has 1 saturated heterocycles. The van der Waals surface area contributed by atoms with Gasteiger partial charge in [0.25, 0.3) is 5.91 Å². The summed E-state index contributed by atoms with van der Waals surface area (Å²) in [6.07, 6.45) is 3.42. The Bertz CT molecular complexity index is 996. The van der Waals surface area contributed by atoms with E-state index in [0.717, 1.165) is 41.8 Å². The van der Waals surface area contributed by atoms with Crippen molar-refractivity contribution in [2.24, 2.45) is 5.92 Å². The SMILES string of the molecule is COCC1CC(C)CN1Cc1ccc(C(=O)NC(CCSC)C(=O)O)c(-c2ccccc2C)c1. The number of rotatable bonds is 11. The molecular weight excluding hydrogens is 448 g/mol. The van der Waals surface area contributed by atoms with Gasteiger partial charge in [-0.3, -0.25) is 9.69 Å². The molecule has 34 heavy (non-hydrogen) atoms. The third-order valence-corrected chi connectivity index (χ3v) is 7.10. The van der Waals surface area contributed by atoms with Crippen molar-refractivity contribution in [3.63, 3.8) is 0 Å². The molecular formula is C27H36N2O4S. The number of ether oxygens (including phenoxy) is 1. The lowest BCUT2D eigenvalue weighted by Crippen LogP contribution is -2.41. The van der Waals surface area contributed by atoms with Gasteiger partial charge in [-0.2, -0.15) is 11.8 Å². The van der Waals surface area contributed by atoms with Crippen molar-refractivity contribution in [3.8, 4) is 11.1 Å². The van der Waals surface area contributed by atoms with Crippen molar-refractivity contribution in [2.45, 2.75) is 45.3 Å². The molecule has 1 fully saturated rings. The molecule has 3 rings (SSSR count). The largest absolute Gasteiger partial charge is 0.480 e. The minimum absolute atomic E-state index is 0.356. The van der Waals surface area contributed by atoms with E-state index in [4.69, 9.17) is 4.74 Å². The molecule has 0 aliphatic carbocycles. The molecule has 0 bridgehead atoms. The molecule has 0 radical (unpaired) electrons. The smallest absolute Gasteiger partial charge is 0.326 e. The fourth-order valence-corrected chi connectivity index (χ4v) is 5.22. The van der Waals surface area contributed by atoms with Crippen molar-refractivity contribution in [1.29, 1.82) is 0 Å². The second-order valence-electron chi connectivity index (χ2n) is 9.22. The zero-order valence-electron chi connectivity index (χ0n) is 20.5. The van der Waals surface area contributed by atoms with Crippen LogP contribution in [0.2, 0.25) is 0 Å². The van der Waals surface area contributed by atoms with Crippen molar-refractivity contribution in [2.75, 3.05) is 32.3 Å². The van der Waals surface area contributed by atoms with E-state index in [1.54, 1.807) is 18.9 Å². The highest BCUT2D eigenvalue weighted by molar-refractivity contribution is 7.98. The summed E-state index contributed by atoms with van der Waals surface area (Å²) < 4.78 is 5.44. The normalized spacial score (nSPS) is 19.2. The minimum atomic E-state index is -1.01. The van der Waals surface area contributed by atoms with Gasteiger partial charge in [-0.15, -0.1) is 0 Å². The summed E-state index contributed by atoms with van der Waals surface area (Å²) in [6, 6.07) is 13.4. The van der Waals surface area contributed by atoms with Crippen LogP contribution in [0, 0.1) is 12.8 Å². The summed E-state index contributed by atoms with van der Waals surface area (Å²) in [7, 11) is 1.74. The van der Waals surface area contributed by atoms with Crippen molar-refractivity contribution in [3.05, 3.63) is 59.2 Å². The van der Waals surface area contributed by atoms with E-state index >= 15 is 0 Å². The first-order valence-electron chi connectivity index (χ1n) is 11.8. The van der Waals surface area contributed by atoms with Crippen molar-refractivity contribution < 1.29 is 19.4 Å². The van der Waals surface area contributed by atoms with Crippen LogP contribution in [0.1, 0.15) is 41.3 Å². The van der Waals surface area contributed by atoms with Crippen LogP contribution in [0.5, 0.6) is 0 Å². The Morgan fingerprint density at radius 2 is 2.00 bits per heavy atom.